The van der Waals surface area contributed by atoms with Crippen molar-refractivity contribution in [2.45, 2.75) is 19.4 Å². The van der Waals surface area contributed by atoms with Gasteiger partial charge in [0.1, 0.15) is 5.58 Å². The molecule has 2 aromatic carbocycles. The van der Waals surface area contributed by atoms with Gasteiger partial charge in [0.25, 0.3) is 5.91 Å². The average molecular weight is 549 g/mol. The molecule has 2 saturated heterocycles. The summed E-state index contributed by atoms with van der Waals surface area (Å²) in [4.78, 5) is 56.2. The van der Waals surface area contributed by atoms with Crippen molar-refractivity contribution in [3.63, 3.8) is 0 Å². The molecular weight excluding hydrogens is 516 g/mol. The van der Waals surface area contributed by atoms with Gasteiger partial charge in [-0.05, 0) is 24.1 Å². The molecule has 1 N–H and O–H groups in total. The summed E-state index contributed by atoms with van der Waals surface area (Å²) < 4.78 is 16.1. The lowest BCUT2D eigenvalue weighted by molar-refractivity contribution is -0.130. The van der Waals surface area contributed by atoms with Gasteiger partial charge >= 0.3 is 0 Å². The van der Waals surface area contributed by atoms with Crippen molar-refractivity contribution in [1.29, 1.82) is 0 Å². The van der Waals surface area contributed by atoms with Gasteiger partial charge in [-0.3, -0.25) is 19.2 Å². The maximum atomic E-state index is 12.9. The van der Waals surface area contributed by atoms with E-state index in [0.717, 1.165) is 30.3 Å². The number of hydrogen-bond donors (Lipinski definition) is 1. The van der Waals surface area contributed by atoms with Crippen LogP contribution >= 0.6 is 0 Å². The summed E-state index contributed by atoms with van der Waals surface area (Å²) in [7, 11) is 2.92. The van der Waals surface area contributed by atoms with Crippen LogP contribution in [0.25, 0.3) is 11.0 Å². The first-order valence-corrected chi connectivity index (χ1v) is 13.2. The van der Waals surface area contributed by atoms with Gasteiger partial charge in [-0.25, -0.2) is 0 Å². The molecule has 3 heterocycles. The molecule has 0 spiro atoms. The fourth-order valence-electron chi connectivity index (χ4n) is 5.18. The zero-order valence-corrected chi connectivity index (χ0v) is 22.6. The molecule has 11 nitrogen and oxygen atoms in total. The van der Waals surface area contributed by atoms with Crippen LogP contribution in [-0.2, 0) is 16.1 Å². The summed E-state index contributed by atoms with van der Waals surface area (Å²) >= 11 is 0. The Balaban J connectivity index is 1.18. The summed E-state index contributed by atoms with van der Waals surface area (Å²) in [5.74, 6) is -0.164. The lowest BCUT2D eigenvalue weighted by Crippen LogP contribution is -2.51. The first-order valence-electron chi connectivity index (χ1n) is 13.2. The van der Waals surface area contributed by atoms with Crippen molar-refractivity contribution in [3.05, 3.63) is 64.0 Å². The Morgan fingerprint density at radius 2 is 1.68 bits per heavy atom. The van der Waals surface area contributed by atoms with Crippen LogP contribution in [0.1, 0.15) is 29.0 Å². The molecule has 1 aromatic heterocycles. The van der Waals surface area contributed by atoms with Gasteiger partial charge in [0.2, 0.25) is 11.8 Å². The third-order valence-corrected chi connectivity index (χ3v) is 7.35. The highest BCUT2D eigenvalue weighted by atomic mass is 16.5. The normalized spacial score (nSPS) is 15.4. The van der Waals surface area contributed by atoms with Crippen molar-refractivity contribution in [3.8, 4) is 11.5 Å². The van der Waals surface area contributed by atoms with Crippen LogP contribution in [-0.4, -0.2) is 81.0 Å². The number of piperazine rings is 1. The molecule has 5 rings (SSSR count). The first kappa shape index (κ1) is 27.0. The molecule has 3 amide bonds. The van der Waals surface area contributed by atoms with Crippen molar-refractivity contribution in [2.24, 2.45) is 0 Å². The molecule has 0 aliphatic carbocycles. The predicted molar refractivity (Wildman–Crippen MR) is 148 cm³/mol. The Hall–Kier alpha value is -4.54. The van der Waals surface area contributed by atoms with Crippen LogP contribution in [0, 0.1) is 0 Å². The maximum absolute atomic E-state index is 12.9. The summed E-state index contributed by atoms with van der Waals surface area (Å²) in [5, 5.41) is 2.81. The van der Waals surface area contributed by atoms with Gasteiger partial charge in [-0.2, -0.15) is 0 Å². The van der Waals surface area contributed by atoms with Crippen LogP contribution < -0.4 is 25.1 Å². The minimum atomic E-state index is -0.661. The molecule has 40 heavy (non-hydrogen) atoms. The number of hydrogen-bond acceptors (Lipinski definition) is 8. The highest BCUT2D eigenvalue weighted by molar-refractivity contribution is 5.95. The lowest BCUT2D eigenvalue weighted by atomic mass is 10.1. The van der Waals surface area contributed by atoms with Gasteiger partial charge in [0, 0.05) is 63.5 Å². The number of carbonyl (C=O) groups excluding carboxylic acids is 3. The molecule has 0 bridgehead atoms. The SMILES string of the molecule is COc1cc2oc(C(=O)NCC(=O)N3CCN(c4ccccc4CN4CCCC4=O)CC3)cc(=O)c2cc1OC. The number of ether oxygens (including phenoxy) is 2. The van der Waals surface area contributed by atoms with E-state index in [4.69, 9.17) is 13.9 Å². The molecule has 2 aliphatic heterocycles. The summed E-state index contributed by atoms with van der Waals surface area (Å²) in [5.41, 5.74) is 1.93. The monoisotopic (exact) mass is 548 g/mol. The van der Waals surface area contributed by atoms with Crippen LogP contribution in [0.4, 0.5) is 5.69 Å². The summed E-state index contributed by atoms with van der Waals surface area (Å²) in [6.45, 7) is 3.42. The van der Waals surface area contributed by atoms with Crippen molar-refractivity contribution >= 4 is 34.4 Å². The van der Waals surface area contributed by atoms with Crippen LogP contribution in [0.5, 0.6) is 11.5 Å². The van der Waals surface area contributed by atoms with Crippen LogP contribution in [0.2, 0.25) is 0 Å². The van der Waals surface area contributed by atoms with E-state index in [1.807, 2.05) is 23.1 Å². The molecule has 0 unspecified atom stereocenters. The zero-order chi connectivity index (χ0) is 28.2. The molecule has 0 radical (unpaired) electrons. The van der Waals surface area contributed by atoms with Crippen LogP contribution in [0.3, 0.4) is 0 Å². The topological polar surface area (TPSA) is 122 Å². The predicted octanol–water partition coefficient (Wildman–Crippen LogP) is 2.01. The number of carbonyl (C=O) groups is 3. The Kier molecular flexibility index (Phi) is 7.90. The summed E-state index contributed by atoms with van der Waals surface area (Å²) in [6.07, 6.45) is 1.51. The number of para-hydroxylation sites is 1. The zero-order valence-electron chi connectivity index (χ0n) is 22.6. The van der Waals surface area contributed by atoms with Gasteiger partial charge in [-0.1, -0.05) is 18.2 Å². The minimum absolute atomic E-state index is 0.173. The Bertz CT molecular complexity index is 1490. The Morgan fingerprint density at radius 3 is 2.38 bits per heavy atom. The smallest absolute Gasteiger partial charge is 0.287 e. The first-order chi connectivity index (χ1) is 19.4. The summed E-state index contributed by atoms with van der Waals surface area (Å²) in [6, 6.07) is 12.1. The van der Waals surface area contributed by atoms with E-state index < -0.39 is 11.3 Å². The molecule has 11 heteroatoms. The van der Waals surface area contributed by atoms with E-state index in [-0.39, 0.29) is 35.1 Å². The quantitative estimate of drug-likeness (QED) is 0.454. The number of amides is 3. The van der Waals surface area contributed by atoms with E-state index in [1.54, 1.807) is 4.90 Å². The number of nitrogens with one attached hydrogen (secondary N) is 1. The molecule has 3 aromatic rings. The van der Waals surface area contributed by atoms with Gasteiger partial charge in [-0.15, -0.1) is 0 Å². The Labute approximate surface area is 231 Å². The van der Waals surface area contributed by atoms with E-state index in [9.17, 15) is 19.2 Å². The molecular formula is C29H32N4O7. The lowest BCUT2D eigenvalue weighted by Gasteiger charge is -2.37. The van der Waals surface area contributed by atoms with Gasteiger partial charge < -0.3 is 33.9 Å². The van der Waals surface area contributed by atoms with Gasteiger partial charge in [0.15, 0.2) is 22.7 Å². The van der Waals surface area contributed by atoms with E-state index in [2.05, 4.69) is 16.3 Å². The molecule has 2 fully saturated rings. The van der Waals surface area contributed by atoms with Crippen molar-refractivity contribution in [2.75, 3.05) is 58.4 Å². The number of anilines is 1. The van der Waals surface area contributed by atoms with E-state index in [1.165, 1.54) is 26.4 Å². The van der Waals surface area contributed by atoms with E-state index >= 15 is 0 Å². The number of likely N-dealkylation sites (tertiary alicyclic amines) is 1. The fourth-order valence-corrected chi connectivity index (χ4v) is 5.18. The van der Waals surface area contributed by atoms with Crippen LogP contribution in [0.15, 0.2) is 51.7 Å². The standard InChI is InChI=1S/C29H32N4O7/c1-38-24-14-20-22(34)15-26(40-23(20)16-25(24)39-2)29(37)30-17-28(36)32-12-10-31(11-13-32)21-7-4-3-6-19(21)18-33-9-5-8-27(33)35/h3-4,6-7,14-16H,5,8-13,17-18H2,1-2H3,(H,30,37). The molecule has 2 aliphatic rings. The second-order valence-corrected chi connectivity index (χ2v) is 9.78. The molecule has 210 valence electrons. The van der Waals surface area contributed by atoms with Gasteiger partial charge in [0.05, 0.1) is 26.2 Å². The molecule has 0 saturated carbocycles. The highest BCUT2D eigenvalue weighted by Crippen LogP contribution is 2.31. The van der Waals surface area contributed by atoms with Crippen molar-refractivity contribution in [1.82, 2.24) is 15.1 Å². The third kappa shape index (κ3) is 5.58. The third-order valence-electron chi connectivity index (χ3n) is 7.35. The minimum Gasteiger partial charge on any atom is -0.493 e. The number of methoxy groups -OCH3 is 2. The largest absolute Gasteiger partial charge is 0.493 e. The Morgan fingerprint density at radius 1 is 0.950 bits per heavy atom. The highest BCUT2D eigenvalue weighted by Gasteiger charge is 2.26. The van der Waals surface area contributed by atoms with E-state index in [0.29, 0.717) is 50.6 Å². The molecule has 0 atom stereocenters. The number of fused-ring (bicyclic) bond motifs is 1. The number of benzene rings is 2. The average Bonchev–Trinajstić information content (AvgIpc) is 3.39. The fraction of sp³-hybridized carbons (Fsp3) is 0.379. The second-order valence-electron chi connectivity index (χ2n) is 9.78. The second kappa shape index (κ2) is 11.7. The van der Waals surface area contributed by atoms with Crippen molar-refractivity contribution < 1.29 is 28.3 Å². The number of rotatable bonds is 8. The number of nitrogens with zero attached hydrogens (tertiary/aromatic N) is 3. The maximum Gasteiger partial charge on any atom is 0.287 e.